The highest BCUT2D eigenvalue weighted by Crippen LogP contribution is 2.29. The van der Waals surface area contributed by atoms with E-state index in [4.69, 9.17) is 18.9 Å². The van der Waals surface area contributed by atoms with E-state index in [1.54, 1.807) is 39.3 Å². The van der Waals surface area contributed by atoms with Crippen LogP contribution in [0.15, 0.2) is 47.6 Å². The Morgan fingerprint density at radius 2 is 1.80 bits per heavy atom. The van der Waals surface area contributed by atoms with E-state index in [0.29, 0.717) is 29.4 Å². The number of para-hydroxylation sites is 1. The van der Waals surface area contributed by atoms with E-state index in [1.165, 1.54) is 6.21 Å². The summed E-state index contributed by atoms with van der Waals surface area (Å²) in [7, 11) is 3.11. The summed E-state index contributed by atoms with van der Waals surface area (Å²) in [5, 5.41) is 3.99. The van der Waals surface area contributed by atoms with Crippen molar-refractivity contribution in [1.29, 1.82) is 0 Å². The molecule has 7 heteroatoms. The number of carbonyl (C=O) groups is 1. The Kier molecular flexibility index (Phi) is 9.51. The summed E-state index contributed by atoms with van der Waals surface area (Å²) in [4.78, 5) is 12.3. The minimum atomic E-state index is -0.717. The number of methoxy groups -OCH3 is 2. The van der Waals surface area contributed by atoms with Crippen molar-refractivity contribution in [2.75, 3.05) is 20.8 Å². The molecule has 0 saturated carbocycles. The number of nitrogens with one attached hydrogen (secondary N) is 1. The first-order valence-electron chi connectivity index (χ1n) is 10.0. The van der Waals surface area contributed by atoms with E-state index in [2.05, 4.69) is 17.5 Å². The maximum absolute atomic E-state index is 12.3. The third-order valence-corrected chi connectivity index (χ3v) is 4.33. The van der Waals surface area contributed by atoms with E-state index < -0.39 is 6.10 Å². The number of unbranched alkanes of at least 4 members (excludes halogenated alkanes) is 2. The number of benzene rings is 2. The lowest BCUT2D eigenvalue weighted by Crippen LogP contribution is -2.33. The van der Waals surface area contributed by atoms with Crippen molar-refractivity contribution >= 4 is 12.1 Å². The molecule has 2 rings (SSSR count). The van der Waals surface area contributed by atoms with E-state index in [1.807, 2.05) is 24.3 Å². The first-order valence-corrected chi connectivity index (χ1v) is 10.0. The van der Waals surface area contributed by atoms with Crippen LogP contribution in [0.25, 0.3) is 0 Å². The van der Waals surface area contributed by atoms with Gasteiger partial charge < -0.3 is 18.9 Å². The molecule has 1 N–H and O–H groups in total. The molecular formula is C23H30N2O5. The quantitative estimate of drug-likeness (QED) is 0.320. The van der Waals surface area contributed by atoms with E-state index in [-0.39, 0.29) is 5.91 Å². The smallest absolute Gasteiger partial charge is 0.280 e. The first kappa shape index (κ1) is 23.1. The van der Waals surface area contributed by atoms with Crippen molar-refractivity contribution < 1.29 is 23.7 Å². The molecule has 0 radical (unpaired) electrons. The lowest BCUT2D eigenvalue weighted by atomic mass is 10.2. The molecule has 162 valence electrons. The van der Waals surface area contributed by atoms with Gasteiger partial charge in [0.25, 0.3) is 5.91 Å². The highest BCUT2D eigenvalue weighted by Gasteiger charge is 2.14. The second kappa shape index (κ2) is 12.4. The fraction of sp³-hybridized carbons (Fsp3) is 0.391. The number of amides is 1. The summed E-state index contributed by atoms with van der Waals surface area (Å²) in [5.41, 5.74) is 3.16. The number of rotatable bonds is 12. The van der Waals surface area contributed by atoms with Crippen molar-refractivity contribution in [2.24, 2.45) is 5.10 Å². The molecule has 0 spiro atoms. The number of hydrogen-bond acceptors (Lipinski definition) is 6. The second-order valence-corrected chi connectivity index (χ2v) is 6.60. The highest BCUT2D eigenvalue weighted by atomic mass is 16.5. The van der Waals surface area contributed by atoms with Crippen molar-refractivity contribution in [3.8, 4) is 23.0 Å². The maximum Gasteiger partial charge on any atom is 0.280 e. The molecule has 0 saturated heterocycles. The number of nitrogens with zero attached hydrogens (tertiary/aromatic N) is 1. The average molecular weight is 415 g/mol. The van der Waals surface area contributed by atoms with Crippen LogP contribution in [0.4, 0.5) is 0 Å². The number of ether oxygens (including phenoxy) is 4. The zero-order valence-corrected chi connectivity index (χ0v) is 18.0. The molecule has 0 aromatic heterocycles. The Morgan fingerprint density at radius 3 is 2.47 bits per heavy atom. The van der Waals surface area contributed by atoms with Gasteiger partial charge in [-0.25, -0.2) is 5.43 Å². The number of hydrazone groups is 1. The summed E-state index contributed by atoms with van der Waals surface area (Å²) in [5.74, 6) is 2.12. The van der Waals surface area contributed by atoms with Crippen molar-refractivity contribution in [1.82, 2.24) is 5.43 Å². The summed E-state index contributed by atoms with van der Waals surface area (Å²) >= 11 is 0. The van der Waals surface area contributed by atoms with Crippen LogP contribution in [0, 0.1) is 0 Å². The first-order chi connectivity index (χ1) is 14.6. The van der Waals surface area contributed by atoms with Gasteiger partial charge in [0.1, 0.15) is 11.5 Å². The van der Waals surface area contributed by atoms with E-state index >= 15 is 0 Å². The van der Waals surface area contributed by atoms with Gasteiger partial charge >= 0.3 is 0 Å². The predicted molar refractivity (Wildman–Crippen MR) is 117 cm³/mol. The Bertz CT molecular complexity index is 821. The number of carbonyl (C=O) groups excluding carboxylic acids is 1. The Hall–Kier alpha value is -3.22. The Balaban J connectivity index is 1.85. The average Bonchev–Trinajstić information content (AvgIpc) is 2.77. The minimum Gasteiger partial charge on any atom is -0.494 e. The predicted octanol–water partition coefficient (Wildman–Crippen LogP) is 4.19. The van der Waals surface area contributed by atoms with Gasteiger partial charge in [0.05, 0.1) is 27.0 Å². The summed E-state index contributed by atoms with van der Waals surface area (Å²) in [6.07, 6.45) is 4.13. The monoisotopic (exact) mass is 414 g/mol. The standard InChI is InChI=1S/C23H30N2O5/c1-5-6-7-15-29-19-11-13-20(14-12-19)30-17(2)23(26)25-24-16-18-9-8-10-21(27-3)22(18)28-4/h8-14,16-17H,5-7,15H2,1-4H3,(H,25,26)/b24-16-/t17-/m0/s1. The topological polar surface area (TPSA) is 78.4 Å². The van der Waals surface area contributed by atoms with Crippen LogP contribution in [-0.2, 0) is 4.79 Å². The minimum absolute atomic E-state index is 0.368. The Morgan fingerprint density at radius 1 is 1.07 bits per heavy atom. The molecular weight excluding hydrogens is 384 g/mol. The van der Waals surface area contributed by atoms with E-state index in [9.17, 15) is 4.79 Å². The van der Waals surface area contributed by atoms with Crippen LogP contribution in [0.5, 0.6) is 23.0 Å². The van der Waals surface area contributed by atoms with Crippen LogP contribution in [0.2, 0.25) is 0 Å². The zero-order chi connectivity index (χ0) is 21.8. The Labute approximate surface area is 178 Å². The SMILES string of the molecule is CCCCCOc1ccc(O[C@@H](C)C(=O)N/N=C\c2cccc(OC)c2OC)cc1. The highest BCUT2D eigenvalue weighted by molar-refractivity contribution is 5.87. The van der Waals surface area contributed by atoms with Gasteiger partial charge in [-0.15, -0.1) is 0 Å². The fourth-order valence-electron chi connectivity index (χ4n) is 2.68. The van der Waals surface area contributed by atoms with Crippen molar-refractivity contribution in [3.63, 3.8) is 0 Å². The third-order valence-electron chi connectivity index (χ3n) is 4.33. The van der Waals surface area contributed by atoms with Gasteiger partial charge in [-0.05, 0) is 49.7 Å². The molecule has 0 fully saturated rings. The van der Waals surface area contributed by atoms with Gasteiger partial charge in [-0.1, -0.05) is 25.8 Å². The van der Waals surface area contributed by atoms with Crippen LogP contribution in [-0.4, -0.2) is 39.1 Å². The zero-order valence-electron chi connectivity index (χ0n) is 18.0. The maximum atomic E-state index is 12.3. The number of hydrogen-bond donors (Lipinski definition) is 1. The molecule has 2 aromatic carbocycles. The van der Waals surface area contributed by atoms with Crippen LogP contribution >= 0.6 is 0 Å². The molecule has 0 unspecified atom stereocenters. The molecule has 7 nitrogen and oxygen atoms in total. The van der Waals surface area contributed by atoms with Gasteiger partial charge in [-0.3, -0.25) is 4.79 Å². The fourth-order valence-corrected chi connectivity index (χ4v) is 2.68. The van der Waals surface area contributed by atoms with Crippen molar-refractivity contribution in [2.45, 2.75) is 39.2 Å². The molecule has 0 heterocycles. The lowest BCUT2D eigenvalue weighted by molar-refractivity contribution is -0.127. The van der Waals surface area contributed by atoms with Gasteiger partial charge in [0, 0.05) is 5.56 Å². The van der Waals surface area contributed by atoms with Crippen molar-refractivity contribution in [3.05, 3.63) is 48.0 Å². The summed E-state index contributed by atoms with van der Waals surface area (Å²) in [6, 6.07) is 12.6. The van der Waals surface area contributed by atoms with Gasteiger partial charge in [0.2, 0.25) is 0 Å². The van der Waals surface area contributed by atoms with Gasteiger partial charge in [0.15, 0.2) is 17.6 Å². The van der Waals surface area contributed by atoms with Crippen LogP contribution in [0.1, 0.15) is 38.7 Å². The molecule has 1 amide bonds. The molecule has 0 aliphatic carbocycles. The molecule has 0 aliphatic heterocycles. The summed E-state index contributed by atoms with van der Waals surface area (Å²) in [6.45, 7) is 4.51. The molecule has 1 atom stereocenters. The lowest BCUT2D eigenvalue weighted by Gasteiger charge is -2.14. The van der Waals surface area contributed by atoms with E-state index in [0.717, 1.165) is 25.0 Å². The third kappa shape index (κ3) is 6.99. The van der Waals surface area contributed by atoms with Crippen LogP contribution < -0.4 is 24.4 Å². The largest absolute Gasteiger partial charge is 0.494 e. The normalized spacial score (nSPS) is 11.7. The molecule has 30 heavy (non-hydrogen) atoms. The molecule has 0 bridgehead atoms. The van der Waals surface area contributed by atoms with Crippen LogP contribution in [0.3, 0.4) is 0 Å². The van der Waals surface area contributed by atoms with Gasteiger partial charge in [-0.2, -0.15) is 5.10 Å². The molecule has 0 aliphatic rings. The summed E-state index contributed by atoms with van der Waals surface area (Å²) < 4.78 is 21.9. The second-order valence-electron chi connectivity index (χ2n) is 6.60. The molecule has 2 aromatic rings.